The second kappa shape index (κ2) is 13.3. The molecule has 4 aromatic rings. The topological polar surface area (TPSA) is 52.6 Å². The molecular weight excluding hydrogens is 507 g/mol. The van der Waals surface area contributed by atoms with E-state index in [4.69, 9.17) is 9.47 Å². The van der Waals surface area contributed by atoms with Crippen LogP contribution in [0.5, 0.6) is 0 Å². The molecule has 4 rings (SSSR count). The molecule has 5 heteroatoms. The number of esters is 2. The third-order valence-electron chi connectivity index (χ3n) is 5.57. The molecule has 0 aliphatic heterocycles. The van der Waals surface area contributed by atoms with Crippen LogP contribution in [0, 0.1) is 30.3 Å². The zero-order valence-electron chi connectivity index (χ0n) is 20.3. The molecule has 189 valence electrons. The fourth-order valence-corrected chi connectivity index (χ4v) is 3.95. The minimum Gasteiger partial charge on any atom is -0.998 e. The van der Waals surface area contributed by atoms with Crippen LogP contribution in [0.1, 0.15) is 27.8 Å². The van der Waals surface area contributed by atoms with E-state index in [0.29, 0.717) is 17.6 Å². The van der Waals surface area contributed by atoms with E-state index in [9.17, 15) is 9.59 Å². The number of hydrogen-bond donors (Lipinski definition) is 0. The number of rotatable bonds is 8. The summed E-state index contributed by atoms with van der Waals surface area (Å²) in [6, 6.07) is 38.0. The molecule has 0 spiro atoms. The maximum Gasteiger partial charge on any atom is 0.282 e. The third-order valence-corrected chi connectivity index (χ3v) is 5.57. The third kappa shape index (κ3) is 6.58. The van der Waals surface area contributed by atoms with Crippen LogP contribution in [0.15, 0.2) is 90.5 Å². The van der Waals surface area contributed by atoms with Crippen LogP contribution < -0.4 is 0 Å². The van der Waals surface area contributed by atoms with Crippen LogP contribution in [-0.2, 0) is 42.3 Å². The van der Waals surface area contributed by atoms with Gasteiger partial charge in [-0.3, -0.25) is 9.59 Å². The number of hydrogen-bond acceptors (Lipinski definition) is 4. The minimum atomic E-state index is -0.706. The molecule has 0 aliphatic carbocycles. The summed E-state index contributed by atoms with van der Waals surface area (Å²) in [5.74, 6) is -1.31. The number of benzene rings is 3. The predicted molar refractivity (Wildman–Crippen MR) is 136 cm³/mol. The van der Waals surface area contributed by atoms with Crippen molar-refractivity contribution in [2.24, 2.45) is 0 Å². The van der Waals surface area contributed by atoms with E-state index in [1.54, 1.807) is 0 Å². The average Bonchev–Trinajstić information content (AvgIpc) is 3.45. The smallest absolute Gasteiger partial charge is 0.282 e. The molecular formula is C32H22CoO4-6. The van der Waals surface area contributed by atoms with Crippen LogP contribution in [-0.4, -0.2) is 26.2 Å². The average molecular weight is 529 g/mol. The Bertz CT molecular complexity index is 1390. The molecule has 0 saturated heterocycles. The molecule has 4 aromatic carbocycles. The Labute approximate surface area is 227 Å². The molecule has 1 radical (unpaired) electrons. The quantitative estimate of drug-likeness (QED) is 0.136. The van der Waals surface area contributed by atoms with E-state index in [0.717, 1.165) is 22.3 Å². The molecule has 0 bridgehead atoms. The molecule has 0 N–H and O–H groups in total. The first-order valence-corrected chi connectivity index (χ1v) is 11.2. The van der Waals surface area contributed by atoms with Gasteiger partial charge in [-0.25, -0.2) is 0 Å². The molecule has 0 saturated carbocycles. The molecule has 0 unspecified atom stereocenters. The van der Waals surface area contributed by atoms with Crippen molar-refractivity contribution in [2.75, 3.05) is 14.2 Å². The van der Waals surface area contributed by atoms with Crippen molar-refractivity contribution >= 4 is 23.1 Å². The largest absolute Gasteiger partial charge is 0.998 e. The van der Waals surface area contributed by atoms with E-state index in [1.165, 1.54) is 14.2 Å². The molecule has 0 aliphatic rings. The van der Waals surface area contributed by atoms with Crippen molar-refractivity contribution in [1.82, 2.24) is 0 Å². The summed E-state index contributed by atoms with van der Waals surface area (Å²) in [4.78, 5) is 25.9. The van der Waals surface area contributed by atoms with Crippen molar-refractivity contribution in [2.45, 2.75) is 6.42 Å². The van der Waals surface area contributed by atoms with Crippen molar-refractivity contribution in [3.63, 3.8) is 0 Å². The molecule has 0 amide bonds. The summed E-state index contributed by atoms with van der Waals surface area (Å²) in [6.45, 7) is 0. The van der Waals surface area contributed by atoms with Gasteiger partial charge in [-0.15, -0.1) is 17.7 Å². The standard InChI is InChI=1S/C32H22O4.Co/c1-35-29(33)22-28(24-15-5-3-6-16-24)31(32(34)36-2)30(25-17-7-4-8-18-25)27-20-12-11-19-26(27)21-23-13-9-10-14-23;/h3-8,11-12,15-20H,21H2,1-2H3;/q-6;. The predicted octanol–water partition coefficient (Wildman–Crippen LogP) is 5.23. The van der Waals surface area contributed by atoms with Gasteiger partial charge in [0.05, 0.1) is 14.2 Å². The monoisotopic (exact) mass is 529 g/mol. The van der Waals surface area contributed by atoms with Crippen LogP contribution >= 0.6 is 0 Å². The van der Waals surface area contributed by atoms with Crippen molar-refractivity contribution in [3.05, 3.63) is 149 Å². The van der Waals surface area contributed by atoms with Crippen molar-refractivity contribution in [3.8, 4) is 0 Å². The van der Waals surface area contributed by atoms with Gasteiger partial charge in [0, 0.05) is 16.8 Å². The Morgan fingerprint density at radius 1 is 0.784 bits per heavy atom. The molecule has 0 aromatic heterocycles. The summed E-state index contributed by atoms with van der Waals surface area (Å²) in [5, 5.41) is 0. The fraction of sp³-hybridized carbons (Fsp3) is 0.0938. The maximum absolute atomic E-state index is 13.5. The number of carbonyl (C=O) groups is 2. The van der Waals surface area contributed by atoms with Crippen LogP contribution in [0.25, 0.3) is 11.1 Å². The fourth-order valence-electron chi connectivity index (χ4n) is 3.95. The Kier molecular flexibility index (Phi) is 9.89. The number of carbonyl (C=O) groups excluding carboxylic acids is 2. The Hall–Kier alpha value is -4.06. The van der Waals surface area contributed by atoms with Gasteiger partial charge in [0.1, 0.15) is 0 Å². The first-order valence-electron chi connectivity index (χ1n) is 11.2. The number of ether oxygens (including phenoxy) is 2. The van der Waals surface area contributed by atoms with E-state index in [-0.39, 0.29) is 27.9 Å². The molecule has 0 atom stereocenters. The van der Waals surface area contributed by atoms with Crippen molar-refractivity contribution < 1.29 is 35.8 Å². The Morgan fingerprint density at radius 2 is 1.35 bits per heavy atom. The summed E-state index contributed by atoms with van der Waals surface area (Å²) in [7, 11) is 2.59. The molecule has 4 nitrogen and oxygen atoms in total. The summed E-state index contributed by atoms with van der Waals surface area (Å²) in [5.41, 5.74) is 5.01. The summed E-state index contributed by atoms with van der Waals surface area (Å²) in [6.07, 6.45) is 3.26. The first-order chi connectivity index (χ1) is 17.6. The van der Waals surface area contributed by atoms with Gasteiger partial charge in [-0.2, -0.15) is 12.0 Å². The van der Waals surface area contributed by atoms with E-state index in [2.05, 4.69) is 30.3 Å². The van der Waals surface area contributed by atoms with E-state index < -0.39 is 11.9 Å². The van der Waals surface area contributed by atoms with Crippen LogP contribution in [0.3, 0.4) is 0 Å². The van der Waals surface area contributed by atoms with Gasteiger partial charge >= 0.3 is 0 Å². The zero-order chi connectivity index (χ0) is 25.3. The first kappa shape index (κ1) is 27.5. The van der Waals surface area contributed by atoms with Crippen LogP contribution in [0.4, 0.5) is 0 Å². The van der Waals surface area contributed by atoms with Crippen LogP contribution in [0.2, 0.25) is 0 Å². The Morgan fingerprint density at radius 3 is 1.95 bits per heavy atom. The second-order valence-electron chi connectivity index (χ2n) is 7.78. The van der Waals surface area contributed by atoms with Gasteiger partial charge < -0.3 is 39.3 Å². The van der Waals surface area contributed by atoms with Gasteiger partial charge in [-0.05, 0) is 16.7 Å². The summed E-state index contributed by atoms with van der Waals surface area (Å²) >= 11 is 0. The normalized spacial score (nSPS) is 11.7. The van der Waals surface area contributed by atoms with Gasteiger partial charge in [0.25, 0.3) is 11.9 Å². The van der Waals surface area contributed by atoms with E-state index >= 15 is 0 Å². The van der Waals surface area contributed by atoms with E-state index in [1.807, 2.05) is 84.9 Å². The number of methoxy groups -OCH3 is 2. The van der Waals surface area contributed by atoms with Crippen molar-refractivity contribution in [1.29, 1.82) is 0 Å². The molecule has 0 heterocycles. The molecule has 37 heavy (non-hydrogen) atoms. The second-order valence-corrected chi connectivity index (χ2v) is 7.78. The minimum absolute atomic E-state index is 0. The molecule has 0 fully saturated rings. The van der Waals surface area contributed by atoms with Gasteiger partial charge in [-0.1, -0.05) is 90.0 Å². The zero-order valence-corrected chi connectivity index (χ0v) is 21.3. The Balaban J connectivity index is 0.00000380. The SMILES string of the molecule is COC(=O)[C-]=C(C(C(=O)OC)=C(c1ccccc1)c1ccccc1C[c-]1[c-][c-][c-][c-]1)c1ccccc1.[Co]. The summed E-state index contributed by atoms with van der Waals surface area (Å²) < 4.78 is 10.2. The maximum atomic E-state index is 13.5. The van der Waals surface area contributed by atoms with Gasteiger partial charge in [0.2, 0.25) is 0 Å². The van der Waals surface area contributed by atoms with Gasteiger partial charge in [0.15, 0.2) is 0 Å².